The summed E-state index contributed by atoms with van der Waals surface area (Å²) < 4.78 is 0. The van der Waals surface area contributed by atoms with Gasteiger partial charge in [-0.1, -0.05) is 30.3 Å². The van der Waals surface area contributed by atoms with E-state index in [0.717, 1.165) is 13.0 Å². The van der Waals surface area contributed by atoms with Crippen molar-refractivity contribution in [3.05, 3.63) is 35.9 Å². The Balaban J connectivity index is 2.41. The van der Waals surface area contributed by atoms with Crippen molar-refractivity contribution in [3.8, 4) is 0 Å². The summed E-state index contributed by atoms with van der Waals surface area (Å²) in [6.07, 6.45) is 0.946. The maximum absolute atomic E-state index is 5.85. The Morgan fingerprint density at radius 2 is 2.00 bits per heavy atom. The minimum absolute atomic E-state index is 0.220. The van der Waals surface area contributed by atoms with Gasteiger partial charge in [0.05, 0.1) is 0 Å². The molecule has 1 unspecified atom stereocenters. The van der Waals surface area contributed by atoms with Crippen LogP contribution in [0.1, 0.15) is 5.56 Å². The van der Waals surface area contributed by atoms with Gasteiger partial charge in [-0.25, -0.2) is 0 Å². The van der Waals surface area contributed by atoms with Crippen molar-refractivity contribution >= 4 is 0 Å². The van der Waals surface area contributed by atoms with Gasteiger partial charge < -0.3 is 11.1 Å². The minimum atomic E-state index is 0.220. The summed E-state index contributed by atoms with van der Waals surface area (Å²) in [5.74, 6) is 0. The molecule has 2 heteroatoms. The highest BCUT2D eigenvalue weighted by molar-refractivity contribution is 5.15. The van der Waals surface area contributed by atoms with E-state index in [-0.39, 0.29) is 6.04 Å². The zero-order chi connectivity index (χ0) is 8.81. The van der Waals surface area contributed by atoms with Crippen LogP contribution >= 0.6 is 0 Å². The van der Waals surface area contributed by atoms with Crippen LogP contribution < -0.4 is 11.1 Å². The van der Waals surface area contributed by atoms with Crippen molar-refractivity contribution in [1.29, 1.82) is 0 Å². The second kappa shape index (κ2) is 4.91. The van der Waals surface area contributed by atoms with Crippen molar-refractivity contribution in [2.24, 2.45) is 5.73 Å². The van der Waals surface area contributed by atoms with Gasteiger partial charge in [0.1, 0.15) is 0 Å². The lowest BCUT2D eigenvalue weighted by molar-refractivity contribution is 0.616. The van der Waals surface area contributed by atoms with Gasteiger partial charge in [-0.05, 0) is 19.0 Å². The van der Waals surface area contributed by atoms with Crippen LogP contribution in [0.5, 0.6) is 0 Å². The maximum atomic E-state index is 5.85. The molecule has 0 aliphatic rings. The molecule has 0 saturated carbocycles. The molecule has 1 rings (SSSR count). The van der Waals surface area contributed by atoms with Gasteiger partial charge in [0.2, 0.25) is 0 Å². The molecule has 0 amide bonds. The summed E-state index contributed by atoms with van der Waals surface area (Å²) >= 11 is 0. The third-order valence-electron chi connectivity index (χ3n) is 1.81. The van der Waals surface area contributed by atoms with Crippen molar-refractivity contribution in [3.63, 3.8) is 0 Å². The van der Waals surface area contributed by atoms with E-state index in [0.29, 0.717) is 0 Å². The number of nitrogens with two attached hydrogens (primary N) is 1. The van der Waals surface area contributed by atoms with E-state index in [9.17, 15) is 0 Å². The van der Waals surface area contributed by atoms with Gasteiger partial charge >= 0.3 is 0 Å². The number of likely N-dealkylation sites (N-methyl/N-ethyl adjacent to an activating group) is 1. The SMILES string of the molecule is CNCC(N)Cc1ccccc1. The number of nitrogens with one attached hydrogen (secondary N) is 1. The largest absolute Gasteiger partial charge is 0.326 e. The third-order valence-corrected chi connectivity index (χ3v) is 1.81. The van der Waals surface area contributed by atoms with E-state index in [1.165, 1.54) is 5.56 Å². The average molecular weight is 164 g/mol. The summed E-state index contributed by atoms with van der Waals surface area (Å²) in [4.78, 5) is 0. The monoisotopic (exact) mass is 164 g/mol. The molecule has 0 aliphatic carbocycles. The van der Waals surface area contributed by atoms with Crippen LogP contribution in [0, 0.1) is 0 Å². The van der Waals surface area contributed by atoms with Crippen LogP contribution in [0.25, 0.3) is 0 Å². The van der Waals surface area contributed by atoms with Gasteiger partial charge in [-0.15, -0.1) is 0 Å². The molecular weight excluding hydrogens is 148 g/mol. The highest BCUT2D eigenvalue weighted by Crippen LogP contribution is 2.00. The molecule has 0 aromatic heterocycles. The molecular formula is C10H16N2. The molecule has 1 aromatic rings. The highest BCUT2D eigenvalue weighted by Gasteiger charge is 2.00. The molecule has 0 aliphatic heterocycles. The molecule has 2 nitrogen and oxygen atoms in total. The first-order chi connectivity index (χ1) is 5.83. The molecule has 1 aromatic carbocycles. The Labute approximate surface area is 73.8 Å². The van der Waals surface area contributed by atoms with Gasteiger partial charge in [-0.2, -0.15) is 0 Å². The third kappa shape index (κ3) is 3.03. The first-order valence-electron chi connectivity index (χ1n) is 4.27. The molecule has 1 atom stereocenters. The Morgan fingerprint density at radius 3 is 2.58 bits per heavy atom. The van der Waals surface area contributed by atoms with Gasteiger partial charge in [0.25, 0.3) is 0 Å². The predicted octanol–water partition coefficient (Wildman–Crippen LogP) is 0.776. The Kier molecular flexibility index (Phi) is 3.77. The zero-order valence-corrected chi connectivity index (χ0v) is 7.46. The zero-order valence-electron chi connectivity index (χ0n) is 7.46. The number of rotatable bonds is 4. The molecule has 0 radical (unpaired) electrons. The maximum Gasteiger partial charge on any atom is 0.0206 e. The first-order valence-corrected chi connectivity index (χ1v) is 4.27. The van der Waals surface area contributed by atoms with Crippen molar-refractivity contribution in [2.45, 2.75) is 12.5 Å². The van der Waals surface area contributed by atoms with Crippen LogP contribution in [-0.2, 0) is 6.42 Å². The summed E-state index contributed by atoms with van der Waals surface area (Å²) in [7, 11) is 1.92. The molecule has 0 heterocycles. The first kappa shape index (κ1) is 9.23. The summed E-state index contributed by atoms with van der Waals surface area (Å²) in [5.41, 5.74) is 7.16. The van der Waals surface area contributed by atoms with Crippen LogP contribution in [0.15, 0.2) is 30.3 Å². The molecule has 66 valence electrons. The van der Waals surface area contributed by atoms with Crippen molar-refractivity contribution in [2.75, 3.05) is 13.6 Å². The van der Waals surface area contributed by atoms with E-state index in [4.69, 9.17) is 5.73 Å². The van der Waals surface area contributed by atoms with E-state index in [2.05, 4.69) is 17.4 Å². The Hall–Kier alpha value is -0.860. The topological polar surface area (TPSA) is 38.0 Å². The molecule has 12 heavy (non-hydrogen) atoms. The average Bonchev–Trinajstić information content (AvgIpc) is 2.06. The summed E-state index contributed by atoms with van der Waals surface area (Å²) in [6, 6.07) is 10.5. The molecule has 3 N–H and O–H groups in total. The fraction of sp³-hybridized carbons (Fsp3) is 0.400. The Morgan fingerprint density at radius 1 is 1.33 bits per heavy atom. The number of hydrogen-bond acceptors (Lipinski definition) is 2. The van der Waals surface area contributed by atoms with E-state index in [1.54, 1.807) is 0 Å². The summed E-state index contributed by atoms with van der Waals surface area (Å²) in [5, 5.41) is 3.06. The Bertz CT molecular complexity index is 208. The molecule has 0 saturated heterocycles. The van der Waals surface area contributed by atoms with Crippen LogP contribution in [-0.4, -0.2) is 19.6 Å². The number of benzene rings is 1. The smallest absolute Gasteiger partial charge is 0.0206 e. The molecule has 0 fully saturated rings. The van der Waals surface area contributed by atoms with Crippen molar-refractivity contribution < 1.29 is 0 Å². The quantitative estimate of drug-likeness (QED) is 0.690. The van der Waals surface area contributed by atoms with Gasteiger partial charge in [-0.3, -0.25) is 0 Å². The lowest BCUT2D eigenvalue weighted by Crippen LogP contribution is -2.33. The van der Waals surface area contributed by atoms with Crippen molar-refractivity contribution in [1.82, 2.24) is 5.32 Å². The van der Waals surface area contributed by atoms with E-state index >= 15 is 0 Å². The lowest BCUT2D eigenvalue weighted by atomic mass is 10.1. The van der Waals surface area contributed by atoms with Gasteiger partial charge in [0.15, 0.2) is 0 Å². The van der Waals surface area contributed by atoms with Crippen LogP contribution in [0.2, 0.25) is 0 Å². The second-order valence-electron chi connectivity index (χ2n) is 3.01. The standard InChI is InChI=1S/C10H16N2/c1-12-8-10(11)7-9-5-3-2-4-6-9/h2-6,10,12H,7-8,11H2,1H3. The minimum Gasteiger partial charge on any atom is -0.326 e. The van der Waals surface area contributed by atoms with E-state index < -0.39 is 0 Å². The van der Waals surface area contributed by atoms with Crippen LogP contribution in [0.4, 0.5) is 0 Å². The number of hydrogen-bond donors (Lipinski definition) is 2. The highest BCUT2D eigenvalue weighted by atomic mass is 14.9. The fourth-order valence-corrected chi connectivity index (χ4v) is 1.25. The summed E-state index contributed by atoms with van der Waals surface area (Å²) in [6.45, 7) is 0.870. The molecule has 0 bridgehead atoms. The van der Waals surface area contributed by atoms with Crippen LogP contribution in [0.3, 0.4) is 0 Å². The second-order valence-corrected chi connectivity index (χ2v) is 3.01. The molecule has 0 spiro atoms. The fourth-order valence-electron chi connectivity index (χ4n) is 1.25. The normalized spacial score (nSPS) is 12.8. The van der Waals surface area contributed by atoms with E-state index in [1.807, 2.05) is 25.2 Å². The lowest BCUT2D eigenvalue weighted by Gasteiger charge is -2.09. The van der Waals surface area contributed by atoms with Gasteiger partial charge in [0, 0.05) is 12.6 Å². The predicted molar refractivity (Wildman–Crippen MR) is 52.0 cm³/mol.